The predicted molar refractivity (Wildman–Crippen MR) is 66.8 cm³/mol. The summed E-state index contributed by atoms with van der Waals surface area (Å²) < 4.78 is 5.43. The third kappa shape index (κ3) is 2.47. The van der Waals surface area contributed by atoms with E-state index in [-0.39, 0.29) is 17.9 Å². The smallest absolute Gasteiger partial charge is 0.230 e. The first kappa shape index (κ1) is 12.8. The molecule has 4 atom stereocenters. The van der Waals surface area contributed by atoms with Crippen molar-refractivity contribution < 1.29 is 9.53 Å². The first-order chi connectivity index (χ1) is 8.15. The zero-order chi connectivity index (χ0) is 12.4. The molecule has 0 aromatic carbocycles. The Balaban J connectivity index is 2.07. The number of likely N-dealkylation sites (N-methyl/N-ethyl adjacent to an activating group) is 1. The van der Waals surface area contributed by atoms with E-state index in [4.69, 9.17) is 4.74 Å². The summed E-state index contributed by atoms with van der Waals surface area (Å²) in [7, 11) is 1.91. The average Bonchev–Trinajstić information content (AvgIpc) is 2.76. The maximum atomic E-state index is 12.6. The van der Waals surface area contributed by atoms with E-state index in [1.165, 1.54) is 6.42 Å². The molecule has 1 N–H and O–H groups in total. The fourth-order valence-electron chi connectivity index (χ4n) is 3.13. The maximum Gasteiger partial charge on any atom is 0.230 e. The Bertz CT molecular complexity index is 273. The Kier molecular flexibility index (Phi) is 4.05. The number of carbonyl (C=O) groups is 1. The molecule has 0 aliphatic carbocycles. The monoisotopic (exact) mass is 240 g/mol. The Morgan fingerprint density at radius 3 is 2.47 bits per heavy atom. The molecule has 17 heavy (non-hydrogen) atoms. The molecule has 1 amide bonds. The molecule has 0 radical (unpaired) electrons. The first-order valence-corrected chi connectivity index (χ1v) is 6.72. The van der Waals surface area contributed by atoms with Crippen LogP contribution in [0.1, 0.15) is 33.1 Å². The maximum absolute atomic E-state index is 12.6. The molecule has 0 aromatic rings. The summed E-state index contributed by atoms with van der Waals surface area (Å²) >= 11 is 0. The highest BCUT2D eigenvalue weighted by Crippen LogP contribution is 2.26. The van der Waals surface area contributed by atoms with Gasteiger partial charge in [-0.15, -0.1) is 0 Å². The van der Waals surface area contributed by atoms with Gasteiger partial charge in [0.2, 0.25) is 5.91 Å². The van der Waals surface area contributed by atoms with Crippen LogP contribution in [-0.4, -0.2) is 49.2 Å². The average molecular weight is 240 g/mol. The van der Waals surface area contributed by atoms with Crippen molar-refractivity contribution in [1.29, 1.82) is 0 Å². The van der Waals surface area contributed by atoms with E-state index < -0.39 is 0 Å². The van der Waals surface area contributed by atoms with Crippen molar-refractivity contribution in [3.05, 3.63) is 0 Å². The van der Waals surface area contributed by atoms with Gasteiger partial charge in [0.1, 0.15) is 0 Å². The number of likely N-dealkylation sites (tertiary alicyclic amines) is 1. The van der Waals surface area contributed by atoms with Crippen molar-refractivity contribution in [3.8, 4) is 0 Å². The van der Waals surface area contributed by atoms with Crippen molar-refractivity contribution in [2.24, 2.45) is 5.92 Å². The molecule has 0 bridgehead atoms. The summed E-state index contributed by atoms with van der Waals surface area (Å²) in [5.74, 6) is 0.282. The molecule has 0 spiro atoms. The van der Waals surface area contributed by atoms with Gasteiger partial charge < -0.3 is 15.0 Å². The van der Waals surface area contributed by atoms with Gasteiger partial charge in [-0.3, -0.25) is 4.79 Å². The molecular formula is C13H24N2O2. The zero-order valence-electron chi connectivity index (χ0n) is 11.1. The van der Waals surface area contributed by atoms with E-state index >= 15 is 0 Å². The number of piperidine rings is 1. The van der Waals surface area contributed by atoms with Crippen molar-refractivity contribution in [2.45, 2.75) is 51.2 Å². The third-order valence-corrected chi connectivity index (χ3v) is 4.22. The minimum atomic E-state index is 0.00278. The van der Waals surface area contributed by atoms with Crippen LogP contribution in [0.3, 0.4) is 0 Å². The molecule has 0 saturated carbocycles. The minimum Gasteiger partial charge on any atom is -0.379 e. The number of hydrogen-bond acceptors (Lipinski definition) is 3. The lowest BCUT2D eigenvalue weighted by Gasteiger charge is -2.41. The Labute approximate surface area is 104 Å². The number of amides is 1. The number of carbonyl (C=O) groups excluding carboxylic acids is 1. The summed E-state index contributed by atoms with van der Waals surface area (Å²) in [6, 6.07) is 0.942. The van der Waals surface area contributed by atoms with Crippen molar-refractivity contribution in [3.63, 3.8) is 0 Å². The second-order valence-electron chi connectivity index (χ2n) is 5.41. The Hall–Kier alpha value is -0.610. The lowest BCUT2D eigenvalue weighted by atomic mass is 9.93. The lowest BCUT2D eigenvalue weighted by Crippen LogP contribution is -2.53. The molecule has 2 unspecified atom stereocenters. The van der Waals surface area contributed by atoms with E-state index in [0.29, 0.717) is 25.3 Å². The van der Waals surface area contributed by atoms with Gasteiger partial charge >= 0.3 is 0 Å². The van der Waals surface area contributed by atoms with Gasteiger partial charge in [-0.05, 0) is 40.2 Å². The van der Waals surface area contributed by atoms with Crippen LogP contribution in [-0.2, 0) is 9.53 Å². The van der Waals surface area contributed by atoms with E-state index in [2.05, 4.69) is 24.1 Å². The van der Waals surface area contributed by atoms with Crippen LogP contribution in [0.15, 0.2) is 0 Å². The second-order valence-corrected chi connectivity index (χ2v) is 5.41. The van der Waals surface area contributed by atoms with Crippen LogP contribution in [0, 0.1) is 5.92 Å². The van der Waals surface area contributed by atoms with E-state index in [0.717, 1.165) is 12.8 Å². The number of nitrogens with zero attached hydrogens (tertiary/aromatic N) is 1. The van der Waals surface area contributed by atoms with Gasteiger partial charge in [-0.1, -0.05) is 0 Å². The molecular weight excluding hydrogens is 216 g/mol. The highest BCUT2D eigenvalue weighted by atomic mass is 16.5. The van der Waals surface area contributed by atoms with Gasteiger partial charge in [-0.2, -0.15) is 0 Å². The summed E-state index contributed by atoms with van der Waals surface area (Å²) in [6.07, 6.45) is 3.50. The molecule has 2 aliphatic rings. The van der Waals surface area contributed by atoms with Crippen LogP contribution in [0.2, 0.25) is 0 Å². The Morgan fingerprint density at radius 2 is 1.88 bits per heavy atom. The second kappa shape index (κ2) is 5.36. The third-order valence-electron chi connectivity index (χ3n) is 4.22. The molecule has 2 saturated heterocycles. The van der Waals surface area contributed by atoms with Crippen LogP contribution in [0.25, 0.3) is 0 Å². The molecule has 98 valence electrons. The molecule has 4 nitrogen and oxygen atoms in total. The van der Waals surface area contributed by atoms with Crippen molar-refractivity contribution in [1.82, 2.24) is 10.2 Å². The highest BCUT2D eigenvalue weighted by molar-refractivity contribution is 5.80. The first-order valence-electron chi connectivity index (χ1n) is 6.72. The summed E-state index contributed by atoms with van der Waals surface area (Å²) in [6.45, 7) is 5.55. The standard InChI is InChI=1S/C13H24N2O2/c1-9-5-4-6-10(2)15(9)13(16)11-7-17-8-12(11)14-3/h9-12,14H,4-8H2,1-3H3/t9-,10+,11?,12?. The topological polar surface area (TPSA) is 41.6 Å². The molecule has 2 rings (SSSR count). The lowest BCUT2D eigenvalue weighted by molar-refractivity contribution is -0.142. The van der Waals surface area contributed by atoms with Gasteiger partial charge in [0, 0.05) is 18.1 Å². The number of ether oxygens (including phenoxy) is 1. The molecule has 0 aromatic heterocycles. The summed E-state index contributed by atoms with van der Waals surface area (Å²) in [5, 5.41) is 3.19. The van der Waals surface area contributed by atoms with Crippen molar-refractivity contribution in [2.75, 3.05) is 20.3 Å². The quantitative estimate of drug-likeness (QED) is 0.783. The van der Waals surface area contributed by atoms with E-state index in [1.807, 2.05) is 7.05 Å². The zero-order valence-corrected chi connectivity index (χ0v) is 11.1. The van der Waals surface area contributed by atoms with Crippen LogP contribution in [0.4, 0.5) is 0 Å². The summed E-state index contributed by atoms with van der Waals surface area (Å²) in [4.78, 5) is 14.7. The van der Waals surface area contributed by atoms with Gasteiger partial charge in [-0.25, -0.2) is 0 Å². The normalized spacial score (nSPS) is 38.4. The fourth-order valence-corrected chi connectivity index (χ4v) is 3.13. The van der Waals surface area contributed by atoms with E-state index in [9.17, 15) is 4.79 Å². The van der Waals surface area contributed by atoms with Crippen LogP contribution in [0.5, 0.6) is 0 Å². The highest BCUT2D eigenvalue weighted by Gasteiger charge is 2.39. The fraction of sp³-hybridized carbons (Fsp3) is 0.923. The van der Waals surface area contributed by atoms with Crippen LogP contribution < -0.4 is 5.32 Å². The minimum absolute atomic E-state index is 0.00278. The van der Waals surface area contributed by atoms with E-state index in [1.54, 1.807) is 0 Å². The van der Waals surface area contributed by atoms with Gasteiger partial charge in [0.25, 0.3) is 0 Å². The number of rotatable bonds is 2. The van der Waals surface area contributed by atoms with Crippen LogP contribution >= 0.6 is 0 Å². The number of hydrogen-bond donors (Lipinski definition) is 1. The van der Waals surface area contributed by atoms with Gasteiger partial charge in [0.15, 0.2) is 0 Å². The Morgan fingerprint density at radius 1 is 1.24 bits per heavy atom. The summed E-state index contributed by atoms with van der Waals surface area (Å²) in [5.41, 5.74) is 0. The molecule has 4 heteroatoms. The SMILES string of the molecule is CNC1COCC1C(=O)N1[C@H](C)CCC[C@@H]1C. The molecule has 2 heterocycles. The van der Waals surface area contributed by atoms with Crippen molar-refractivity contribution >= 4 is 5.91 Å². The van der Waals surface area contributed by atoms with Gasteiger partial charge in [0.05, 0.1) is 19.1 Å². The largest absolute Gasteiger partial charge is 0.379 e. The number of nitrogens with one attached hydrogen (secondary N) is 1. The molecule has 2 aliphatic heterocycles. The predicted octanol–water partition coefficient (Wildman–Crippen LogP) is 1.01. The molecule has 2 fully saturated rings.